The van der Waals surface area contributed by atoms with Crippen molar-refractivity contribution in [2.24, 2.45) is 0 Å². The van der Waals surface area contributed by atoms with Crippen molar-refractivity contribution in [2.45, 2.75) is 26.6 Å². The third-order valence-electron chi connectivity index (χ3n) is 2.48. The van der Waals surface area contributed by atoms with Gasteiger partial charge in [-0.2, -0.15) is 5.01 Å². The van der Waals surface area contributed by atoms with Gasteiger partial charge in [0.2, 0.25) is 7.59 Å². The molecule has 0 saturated carbocycles. The van der Waals surface area contributed by atoms with Crippen LogP contribution in [0.15, 0.2) is 0 Å². The predicted molar refractivity (Wildman–Crippen MR) is 89.3 cm³/mol. The van der Waals surface area contributed by atoms with Crippen LogP contribution in [0.2, 0.25) is 0 Å². The average molecular weight is 452 g/mol. The molecule has 1 rings (SSSR count). The Kier molecular flexibility index (Phi) is 8.40. The zero-order valence-electron chi connectivity index (χ0n) is 11.5. The van der Waals surface area contributed by atoms with Crippen LogP contribution in [0.4, 0.5) is 9.59 Å². The second-order valence-electron chi connectivity index (χ2n) is 4.46. The minimum absolute atomic E-state index is 0.495. The Morgan fingerprint density at radius 2 is 1.65 bits per heavy atom. The van der Waals surface area contributed by atoms with E-state index in [1.54, 1.807) is 0 Å². The molecule has 7 nitrogen and oxygen atoms in total. The first-order valence-corrected chi connectivity index (χ1v) is 8.51. The fourth-order valence-electron chi connectivity index (χ4n) is 1.63. The summed E-state index contributed by atoms with van der Waals surface area (Å²) >= 11 is 32.9. The molecule has 0 aromatic heterocycles. The maximum atomic E-state index is 12.1. The van der Waals surface area contributed by atoms with Crippen molar-refractivity contribution < 1.29 is 19.1 Å². The fourth-order valence-corrected chi connectivity index (χ4v) is 1.96. The molecule has 1 heterocycles. The van der Waals surface area contributed by atoms with Gasteiger partial charge < -0.3 is 9.47 Å². The molecule has 1 atom stereocenters. The molecular formula is C10H13Cl6N3O4. The number of ether oxygens (including phenoxy) is 2. The summed E-state index contributed by atoms with van der Waals surface area (Å²) in [5.74, 6) is 0. The molecule has 0 aromatic carbocycles. The summed E-state index contributed by atoms with van der Waals surface area (Å²) in [5.41, 5.74) is 2.20. The van der Waals surface area contributed by atoms with Crippen LogP contribution in [0.5, 0.6) is 0 Å². The Labute approximate surface area is 162 Å². The van der Waals surface area contributed by atoms with E-state index in [0.717, 1.165) is 11.4 Å². The Hall–Kier alpha value is 0.240. The Morgan fingerprint density at radius 1 is 1.09 bits per heavy atom. The molecule has 134 valence electrons. The molecule has 1 aliphatic heterocycles. The molecule has 2 N–H and O–H groups in total. The van der Waals surface area contributed by atoms with Gasteiger partial charge in [0.1, 0.15) is 19.4 Å². The number of halogens is 6. The summed E-state index contributed by atoms with van der Waals surface area (Å²) in [4.78, 5) is 23.8. The Bertz CT molecular complexity index is 422. The lowest BCUT2D eigenvalue weighted by molar-refractivity contribution is 0.0494. The van der Waals surface area contributed by atoms with E-state index in [0.29, 0.717) is 13.0 Å². The highest BCUT2D eigenvalue weighted by Gasteiger charge is 2.32. The number of nitrogens with zero attached hydrogens (tertiary/aromatic N) is 1. The normalized spacial score (nSPS) is 18.4. The monoisotopic (exact) mass is 449 g/mol. The highest BCUT2D eigenvalue weighted by Crippen LogP contribution is 2.27. The zero-order valence-corrected chi connectivity index (χ0v) is 16.0. The minimum atomic E-state index is -1.78. The number of hydrazine groups is 1. The second kappa shape index (κ2) is 9.08. The smallest absolute Gasteiger partial charge is 0.430 e. The number of rotatable bonds is 3. The molecule has 1 aliphatic rings. The molecule has 0 aromatic rings. The molecule has 0 aliphatic carbocycles. The molecule has 13 heteroatoms. The molecule has 0 bridgehead atoms. The molecule has 23 heavy (non-hydrogen) atoms. The first kappa shape index (κ1) is 21.3. The lowest BCUT2D eigenvalue weighted by Gasteiger charge is -2.28. The van der Waals surface area contributed by atoms with Gasteiger partial charge in [-0.3, -0.25) is 5.32 Å². The van der Waals surface area contributed by atoms with Crippen LogP contribution >= 0.6 is 69.6 Å². The maximum absolute atomic E-state index is 12.1. The lowest BCUT2D eigenvalue weighted by atomic mass is 10.3. The van der Waals surface area contributed by atoms with E-state index < -0.39 is 39.2 Å². The molecule has 0 spiro atoms. The van der Waals surface area contributed by atoms with E-state index in [2.05, 4.69) is 10.7 Å². The summed E-state index contributed by atoms with van der Waals surface area (Å²) in [6.45, 7) is -0.340. The van der Waals surface area contributed by atoms with Crippen molar-refractivity contribution >= 4 is 81.8 Å². The van der Waals surface area contributed by atoms with E-state index in [-0.39, 0.29) is 0 Å². The molecule has 2 amide bonds. The molecular weight excluding hydrogens is 439 g/mol. The van der Waals surface area contributed by atoms with E-state index >= 15 is 0 Å². The van der Waals surface area contributed by atoms with Crippen LogP contribution in [0.1, 0.15) is 12.8 Å². The Morgan fingerprint density at radius 3 is 2.13 bits per heavy atom. The van der Waals surface area contributed by atoms with Gasteiger partial charge in [-0.1, -0.05) is 69.6 Å². The molecule has 1 unspecified atom stereocenters. The van der Waals surface area contributed by atoms with Crippen molar-refractivity contribution in [1.82, 2.24) is 15.8 Å². The quantitative estimate of drug-likeness (QED) is 0.507. The van der Waals surface area contributed by atoms with Gasteiger partial charge in [-0.15, -0.1) is 0 Å². The van der Waals surface area contributed by atoms with E-state index in [1.165, 1.54) is 0 Å². The Balaban J connectivity index is 2.61. The first-order valence-electron chi connectivity index (χ1n) is 6.24. The van der Waals surface area contributed by atoms with Gasteiger partial charge in [0.05, 0.1) is 0 Å². The number of carbonyl (C=O) groups is 2. The van der Waals surface area contributed by atoms with Gasteiger partial charge >= 0.3 is 12.2 Å². The third kappa shape index (κ3) is 9.34. The summed E-state index contributed by atoms with van der Waals surface area (Å²) in [7, 11) is 0. The van der Waals surface area contributed by atoms with E-state index in [9.17, 15) is 9.59 Å². The third-order valence-corrected chi connectivity index (χ3v) is 3.14. The van der Waals surface area contributed by atoms with Crippen LogP contribution < -0.4 is 10.7 Å². The van der Waals surface area contributed by atoms with E-state index in [1.807, 2.05) is 0 Å². The van der Waals surface area contributed by atoms with Crippen LogP contribution in [0, 0.1) is 0 Å². The van der Waals surface area contributed by atoms with Gasteiger partial charge in [0.25, 0.3) is 0 Å². The summed E-state index contributed by atoms with van der Waals surface area (Å²) < 4.78 is 5.97. The number of carbonyl (C=O) groups excluding carboxylic acids is 2. The van der Waals surface area contributed by atoms with Gasteiger partial charge in [0, 0.05) is 0 Å². The van der Waals surface area contributed by atoms with Crippen LogP contribution in [0.25, 0.3) is 0 Å². The second-order valence-corrected chi connectivity index (χ2v) is 9.49. The minimum Gasteiger partial charge on any atom is -0.444 e. The van der Waals surface area contributed by atoms with Crippen LogP contribution in [-0.4, -0.2) is 50.7 Å². The number of hydrogen-bond acceptors (Lipinski definition) is 5. The number of amides is 2. The van der Waals surface area contributed by atoms with Gasteiger partial charge in [-0.25, -0.2) is 15.0 Å². The highest BCUT2D eigenvalue weighted by molar-refractivity contribution is 6.68. The number of nitrogens with one attached hydrogen (secondary N) is 2. The standard InChI is InChI=1S/C10H13Cl6N3O4/c11-9(12,13)4-22-7(20)18-19(6-2-1-3-17-6)8(21)23-5-10(14,15)16/h6,17H,1-5H2,(H,18,20). The van der Waals surface area contributed by atoms with Crippen molar-refractivity contribution in [2.75, 3.05) is 19.8 Å². The van der Waals surface area contributed by atoms with E-state index in [4.69, 9.17) is 79.1 Å². The largest absolute Gasteiger partial charge is 0.444 e. The average Bonchev–Trinajstić information content (AvgIpc) is 2.92. The first-order chi connectivity index (χ1) is 10.5. The zero-order chi connectivity index (χ0) is 17.7. The lowest BCUT2D eigenvalue weighted by Crippen LogP contribution is -2.56. The maximum Gasteiger partial charge on any atom is 0.430 e. The van der Waals surface area contributed by atoms with Crippen molar-refractivity contribution in [1.29, 1.82) is 0 Å². The molecule has 1 saturated heterocycles. The number of alkyl halides is 6. The SMILES string of the molecule is O=C(NN(C(=O)OCC(Cl)(Cl)Cl)C1CCCN1)OCC(Cl)(Cl)Cl. The fraction of sp³-hybridized carbons (Fsp3) is 0.800. The number of hydrogen-bond donors (Lipinski definition) is 2. The summed E-state index contributed by atoms with van der Waals surface area (Å²) in [6.07, 6.45) is -1.06. The highest BCUT2D eigenvalue weighted by atomic mass is 35.6. The van der Waals surface area contributed by atoms with Crippen molar-refractivity contribution in [3.63, 3.8) is 0 Å². The van der Waals surface area contributed by atoms with Crippen LogP contribution in [0.3, 0.4) is 0 Å². The molecule has 0 radical (unpaired) electrons. The summed E-state index contributed by atoms with van der Waals surface area (Å²) in [5, 5.41) is 3.88. The predicted octanol–water partition coefficient (Wildman–Crippen LogP) is 3.52. The van der Waals surface area contributed by atoms with Crippen LogP contribution in [-0.2, 0) is 9.47 Å². The van der Waals surface area contributed by atoms with Gasteiger partial charge in [0.15, 0.2) is 0 Å². The summed E-state index contributed by atoms with van der Waals surface area (Å²) in [6, 6.07) is 0. The topological polar surface area (TPSA) is 79.9 Å². The van der Waals surface area contributed by atoms with Gasteiger partial charge in [-0.05, 0) is 19.4 Å². The molecule has 1 fully saturated rings. The van der Waals surface area contributed by atoms with Crippen molar-refractivity contribution in [3.8, 4) is 0 Å². The van der Waals surface area contributed by atoms with Crippen molar-refractivity contribution in [3.05, 3.63) is 0 Å².